The van der Waals surface area contributed by atoms with Crippen molar-refractivity contribution in [2.75, 3.05) is 19.6 Å². The monoisotopic (exact) mass is 398 g/mol. The van der Waals surface area contributed by atoms with Crippen LogP contribution in [-0.4, -0.2) is 41.4 Å². The van der Waals surface area contributed by atoms with Gasteiger partial charge in [-0.15, -0.1) is 12.4 Å². The number of amides is 1. The number of carbonyl (C=O) groups excluding carboxylic acids is 1. The van der Waals surface area contributed by atoms with Crippen molar-refractivity contribution in [2.24, 2.45) is 13.0 Å². The Morgan fingerprint density at radius 2 is 2.15 bits per heavy atom. The van der Waals surface area contributed by atoms with Crippen molar-refractivity contribution in [1.82, 2.24) is 20.4 Å². The molecule has 1 aromatic heterocycles. The van der Waals surface area contributed by atoms with Crippen molar-refractivity contribution in [3.8, 4) is 5.75 Å². The normalized spacial score (nSPS) is 20.3. The standard InChI is InChI=1S/C18H23ClN4O2.ClH/c1-12(25-15-5-3-14(19)4-6-15)7-21-18(24)17-10-20-9-16(17)13-8-22-23(2)11-13;/h3-6,8,11-12,16-17,20H,7,9-10H2,1-2H3,(H,21,24);1H/t12?,16-,17+;/m1./s1. The Morgan fingerprint density at radius 3 is 2.81 bits per heavy atom. The molecular formula is C18H24Cl2N4O2. The van der Waals surface area contributed by atoms with Crippen molar-refractivity contribution >= 4 is 29.9 Å². The van der Waals surface area contributed by atoms with Gasteiger partial charge in [0.1, 0.15) is 11.9 Å². The lowest BCUT2D eigenvalue weighted by atomic mass is 9.90. The molecule has 0 radical (unpaired) electrons. The molecule has 0 bridgehead atoms. The molecule has 6 nitrogen and oxygen atoms in total. The summed E-state index contributed by atoms with van der Waals surface area (Å²) >= 11 is 5.86. The van der Waals surface area contributed by atoms with Gasteiger partial charge in [-0.25, -0.2) is 0 Å². The number of hydrogen-bond acceptors (Lipinski definition) is 4. The molecule has 1 aliphatic heterocycles. The van der Waals surface area contributed by atoms with E-state index in [4.69, 9.17) is 16.3 Å². The molecule has 1 unspecified atom stereocenters. The van der Waals surface area contributed by atoms with Crippen LogP contribution in [0.3, 0.4) is 0 Å². The molecular weight excluding hydrogens is 375 g/mol. The molecule has 1 saturated heterocycles. The van der Waals surface area contributed by atoms with E-state index in [1.54, 1.807) is 16.8 Å². The minimum Gasteiger partial charge on any atom is -0.489 e. The van der Waals surface area contributed by atoms with Crippen LogP contribution >= 0.6 is 24.0 Å². The van der Waals surface area contributed by atoms with Crippen molar-refractivity contribution in [1.29, 1.82) is 0 Å². The van der Waals surface area contributed by atoms with E-state index in [2.05, 4.69) is 15.7 Å². The summed E-state index contributed by atoms with van der Waals surface area (Å²) in [5.41, 5.74) is 1.10. The first-order valence-corrected chi connectivity index (χ1v) is 8.80. The maximum atomic E-state index is 12.6. The molecule has 142 valence electrons. The number of hydrogen-bond donors (Lipinski definition) is 2. The zero-order valence-electron chi connectivity index (χ0n) is 14.8. The highest BCUT2D eigenvalue weighted by Gasteiger charge is 2.34. The summed E-state index contributed by atoms with van der Waals surface area (Å²) in [6.07, 6.45) is 3.69. The Labute approximate surface area is 164 Å². The summed E-state index contributed by atoms with van der Waals surface area (Å²) < 4.78 is 7.56. The summed E-state index contributed by atoms with van der Waals surface area (Å²) in [5.74, 6) is 0.848. The van der Waals surface area contributed by atoms with Gasteiger partial charge in [-0.1, -0.05) is 11.6 Å². The quantitative estimate of drug-likeness (QED) is 0.783. The van der Waals surface area contributed by atoms with Gasteiger partial charge in [0.25, 0.3) is 0 Å². The number of halogens is 2. The fraction of sp³-hybridized carbons (Fsp3) is 0.444. The Kier molecular flexibility index (Phi) is 7.32. The highest BCUT2D eigenvalue weighted by Crippen LogP contribution is 2.27. The van der Waals surface area contributed by atoms with Crippen molar-refractivity contribution in [2.45, 2.75) is 18.9 Å². The molecule has 3 rings (SSSR count). The Balaban J connectivity index is 0.00000243. The van der Waals surface area contributed by atoms with Crippen LogP contribution in [0.1, 0.15) is 18.4 Å². The van der Waals surface area contributed by atoms with Gasteiger partial charge in [0, 0.05) is 37.3 Å². The van der Waals surface area contributed by atoms with Gasteiger partial charge < -0.3 is 15.4 Å². The fourth-order valence-electron chi connectivity index (χ4n) is 3.10. The lowest BCUT2D eigenvalue weighted by Gasteiger charge is -2.20. The van der Waals surface area contributed by atoms with Gasteiger partial charge in [-0.2, -0.15) is 5.10 Å². The predicted octanol–water partition coefficient (Wildman–Crippen LogP) is 2.38. The summed E-state index contributed by atoms with van der Waals surface area (Å²) in [6.45, 7) is 3.86. The van der Waals surface area contributed by atoms with Gasteiger partial charge in [0.05, 0.1) is 18.7 Å². The number of ether oxygens (including phenoxy) is 1. The third kappa shape index (κ3) is 5.13. The van der Waals surface area contributed by atoms with Crippen molar-refractivity contribution in [3.63, 3.8) is 0 Å². The summed E-state index contributed by atoms with van der Waals surface area (Å²) in [6, 6.07) is 7.20. The van der Waals surface area contributed by atoms with Crippen LogP contribution in [-0.2, 0) is 11.8 Å². The third-order valence-corrected chi connectivity index (χ3v) is 4.67. The van der Waals surface area contributed by atoms with E-state index < -0.39 is 0 Å². The molecule has 3 atom stereocenters. The lowest BCUT2D eigenvalue weighted by Crippen LogP contribution is -2.39. The molecule has 8 heteroatoms. The zero-order valence-corrected chi connectivity index (χ0v) is 16.4. The van der Waals surface area contributed by atoms with E-state index in [9.17, 15) is 4.79 Å². The molecule has 0 aliphatic carbocycles. The molecule has 1 amide bonds. The lowest BCUT2D eigenvalue weighted by molar-refractivity contribution is -0.125. The number of carbonyl (C=O) groups is 1. The molecule has 1 fully saturated rings. The van der Waals surface area contributed by atoms with E-state index in [-0.39, 0.29) is 36.3 Å². The predicted molar refractivity (Wildman–Crippen MR) is 104 cm³/mol. The SMILES string of the molecule is CC(CNC(=O)[C@H]1CNC[C@@H]1c1cnn(C)c1)Oc1ccc(Cl)cc1.Cl. The van der Waals surface area contributed by atoms with E-state index >= 15 is 0 Å². The first-order chi connectivity index (χ1) is 12.0. The Bertz CT molecular complexity index is 720. The maximum Gasteiger partial charge on any atom is 0.225 e. The number of aryl methyl sites for hydroxylation is 1. The summed E-state index contributed by atoms with van der Waals surface area (Å²) in [7, 11) is 1.89. The maximum absolute atomic E-state index is 12.6. The fourth-order valence-corrected chi connectivity index (χ4v) is 3.22. The minimum absolute atomic E-state index is 0. The average molecular weight is 399 g/mol. The van der Waals surface area contributed by atoms with Crippen LogP contribution in [0.2, 0.25) is 5.02 Å². The van der Waals surface area contributed by atoms with Gasteiger partial charge in [-0.3, -0.25) is 9.48 Å². The van der Waals surface area contributed by atoms with Crippen LogP contribution in [0, 0.1) is 5.92 Å². The van der Waals surface area contributed by atoms with Crippen LogP contribution in [0.5, 0.6) is 5.75 Å². The van der Waals surface area contributed by atoms with Gasteiger partial charge >= 0.3 is 0 Å². The van der Waals surface area contributed by atoms with Crippen molar-refractivity contribution in [3.05, 3.63) is 47.2 Å². The molecule has 1 aromatic carbocycles. The molecule has 2 aromatic rings. The second-order valence-electron chi connectivity index (χ2n) is 6.45. The minimum atomic E-state index is -0.128. The Hall–Kier alpha value is -1.76. The highest BCUT2D eigenvalue weighted by molar-refractivity contribution is 6.30. The number of nitrogens with one attached hydrogen (secondary N) is 2. The summed E-state index contributed by atoms with van der Waals surface area (Å²) in [5, 5.41) is 11.2. The van der Waals surface area contributed by atoms with E-state index in [0.29, 0.717) is 18.1 Å². The first kappa shape index (κ1) is 20.6. The number of benzene rings is 1. The number of rotatable bonds is 6. The van der Waals surface area contributed by atoms with Crippen LogP contribution in [0.4, 0.5) is 0 Å². The molecule has 26 heavy (non-hydrogen) atoms. The molecule has 2 N–H and O–H groups in total. The Morgan fingerprint density at radius 1 is 1.42 bits per heavy atom. The smallest absolute Gasteiger partial charge is 0.225 e. The molecule has 2 heterocycles. The number of aromatic nitrogens is 2. The molecule has 0 spiro atoms. The largest absolute Gasteiger partial charge is 0.489 e. The summed E-state index contributed by atoms with van der Waals surface area (Å²) in [4.78, 5) is 12.6. The second kappa shape index (κ2) is 9.26. The van der Waals surface area contributed by atoms with Crippen LogP contribution < -0.4 is 15.4 Å². The van der Waals surface area contributed by atoms with Gasteiger partial charge in [0.15, 0.2) is 0 Å². The highest BCUT2D eigenvalue weighted by atomic mass is 35.5. The van der Waals surface area contributed by atoms with Crippen LogP contribution in [0.25, 0.3) is 0 Å². The van der Waals surface area contributed by atoms with Crippen LogP contribution in [0.15, 0.2) is 36.7 Å². The number of nitrogens with zero attached hydrogens (tertiary/aromatic N) is 2. The molecule has 0 saturated carbocycles. The van der Waals surface area contributed by atoms with E-state index in [0.717, 1.165) is 17.9 Å². The van der Waals surface area contributed by atoms with Crippen molar-refractivity contribution < 1.29 is 9.53 Å². The average Bonchev–Trinajstić information content (AvgIpc) is 3.23. The zero-order chi connectivity index (χ0) is 17.8. The third-order valence-electron chi connectivity index (χ3n) is 4.42. The molecule has 1 aliphatic rings. The first-order valence-electron chi connectivity index (χ1n) is 8.42. The second-order valence-corrected chi connectivity index (χ2v) is 6.88. The van der Waals surface area contributed by atoms with E-state index in [1.807, 2.05) is 38.5 Å². The van der Waals surface area contributed by atoms with E-state index in [1.165, 1.54) is 0 Å². The topological polar surface area (TPSA) is 68.2 Å². The van der Waals surface area contributed by atoms with Gasteiger partial charge in [-0.05, 0) is 36.8 Å². The van der Waals surface area contributed by atoms with Gasteiger partial charge in [0.2, 0.25) is 5.91 Å².